The molecule has 2 aromatic heterocycles. The van der Waals surface area contributed by atoms with Crippen LogP contribution < -0.4 is 0 Å². The molecule has 0 aromatic carbocycles. The summed E-state index contributed by atoms with van der Waals surface area (Å²) in [7, 11) is 2.07. The number of hydrogen-bond donors (Lipinski definition) is 0. The number of nitrogens with zero attached hydrogens (tertiary/aromatic N) is 3. The molecule has 0 spiro atoms. The molecular weight excluding hydrogens is 218 g/mol. The molecule has 1 atom stereocenters. The third-order valence-electron chi connectivity index (χ3n) is 3.15. The van der Waals surface area contributed by atoms with Crippen LogP contribution in [0.1, 0.15) is 18.7 Å². The van der Waals surface area contributed by atoms with Crippen molar-refractivity contribution in [2.45, 2.75) is 24.5 Å². The largest absolute Gasteiger partial charge is 0.316 e. The Hall–Kier alpha value is -1.03. The number of aryl methyl sites for hydroxylation is 1. The Labute approximate surface area is 99.3 Å². The molecule has 1 fully saturated rings. The molecule has 0 saturated carbocycles. The van der Waals surface area contributed by atoms with E-state index in [4.69, 9.17) is 0 Å². The van der Waals surface area contributed by atoms with Crippen LogP contribution in [0.5, 0.6) is 0 Å². The Kier molecular flexibility index (Phi) is 2.59. The predicted molar refractivity (Wildman–Crippen MR) is 67.7 cm³/mol. The van der Waals surface area contributed by atoms with Gasteiger partial charge in [-0.2, -0.15) is 11.8 Å². The molecule has 1 aliphatic heterocycles. The molecular formula is C12H15N3S. The molecule has 0 bridgehead atoms. The summed E-state index contributed by atoms with van der Waals surface area (Å²) in [6.45, 7) is 0. The topological polar surface area (TPSA) is 30.7 Å². The summed E-state index contributed by atoms with van der Waals surface area (Å²) >= 11 is 2.08. The van der Waals surface area contributed by atoms with Crippen molar-refractivity contribution in [3.8, 4) is 0 Å². The van der Waals surface area contributed by atoms with Gasteiger partial charge in [0.05, 0.1) is 0 Å². The Morgan fingerprint density at radius 3 is 3.25 bits per heavy atom. The van der Waals surface area contributed by atoms with E-state index in [9.17, 15) is 0 Å². The Morgan fingerprint density at radius 2 is 2.50 bits per heavy atom. The van der Waals surface area contributed by atoms with Crippen molar-refractivity contribution in [2.75, 3.05) is 5.75 Å². The van der Waals surface area contributed by atoms with Gasteiger partial charge in [0.25, 0.3) is 0 Å². The summed E-state index contributed by atoms with van der Waals surface area (Å²) in [4.78, 5) is 9.03. The molecule has 0 radical (unpaired) electrons. The van der Waals surface area contributed by atoms with Gasteiger partial charge in [-0.05, 0) is 30.7 Å². The fourth-order valence-electron chi connectivity index (χ4n) is 2.26. The molecule has 3 rings (SSSR count). The Bertz CT molecular complexity index is 500. The SMILES string of the molecule is Cn1c(CC2CCCS2)nc2cccnc21. The minimum absolute atomic E-state index is 0.760. The lowest BCUT2D eigenvalue weighted by Crippen LogP contribution is -2.07. The predicted octanol–water partition coefficient (Wildman–Crippen LogP) is 2.41. The van der Waals surface area contributed by atoms with Gasteiger partial charge in [0.2, 0.25) is 0 Å². The van der Waals surface area contributed by atoms with Gasteiger partial charge in [0.15, 0.2) is 5.65 Å². The van der Waals surface area contributed by atoms with Crippen LogP contribution in [0.4, 0.5) is 0 Å². The fraction of sp³-hybridized carbons (Fsp3) is 0.500. The molecule has 84 valence electrons. The average molecular weight is 233 g/mol. The lowest BCUT2D eigenvalue weighted by Gasteiger charge is -2.07. The molecule has 1 saturated heterocycles. The summed E-state index contributed by atoms with van der Waals surface area (Å²) < 4.78 is 2.13. The highest BCUT2D eigenvalue weighted by Gasteiger charge is 2.19. The first kappa shape index (κ1) is 10.1. The molecule has 4 heteroatoms. The molecule has 0 N–H and O–H groups in total. The van der Waals surface area contributed by atoms with Crippen molar-refractivity contribution < 1.29 is 0 Å². The van der Waals surface area contributed by atoms with Crippen LogP contribution in [0.2, 0.25) is 0 Å². The highest BCUT2D eigenvalue weighted by atomic mass is 32.2. The van der Waals surface area contributed by atoms with E-state index in [1.165, 1.54) is 24.4 Å². The number of fused-ring (bicyclic) bond motifs is 1. The second kappa shape index (κ2) is 4.09. The quantitative estimate of drug-likeness (QED) is 0.798. The van der Waals surface area contributed by atoms with Crippen molar-refractivity contribution in [3.63, 3.8) is 0 Å². The van der Waals surface area contributed by atoms with Crippen molar-refractivity contribution in [3.05, 3.63) is 24.2 Å². The summed E-state index contributed by atoms with van der Waals surface area (Å²) in [5.41, 5.74) is 2.02. The van der Waals surface area contributed by atoms with Crippen LogP contribution in [0.25, 0.3) is 11.2 Å². The summed E-state index contributed by atoms with van der Waals surface area (Å²) in [6.07, 6.45) is 5.61. The van der Waals surface area contributed by atoms with Crippen LogP contribution in [0, 0.1) is 0 Å². The second-order valence-electron chi connectivity index (χ2n) is 4.27. The molecule has 0 aliphatic carbocycles. The van der Waals surface area contributed by atoms with Crippen LogP contribution in [-0.4, -0.2) is 25.5 Å². The lowest BCUT2D eigenvalue weighted by atomic mass is 10.2. The highest BCUT2D eigenvalue weighted by molar-refractivity contribution is 8.00. The number of rotatable bonds is 2. The van der Waals surface area contributed by atoms with Crippen LogP contribution >= 0.6 is 11.8 Å². The van der Waals surface area contributed by atoms with Gasteiger partial charge in [-0.25, -0.2) is 9.97 Å². The van der Waals surface area contributed by atoms with Gasteiger partial charge in [0, 0.05) is 24.9 Å². The van der Waals surface area contributed by atoms with E-state index >= 15 is 0 Å². The van der Waals surface area contributed by atoms with E-state index < -0.39 is 0 Å². The van der Waals surface area contributed by atoms with E-state index in [-0.39, 0.29) is 0 Å². The standard InChI is InChI=1S/C12H15N3S/c1-15-11(8-9-4-3-7-16-9)14-10-5-2-6-13-12(10)15/h2,5-6,9H,3-4,7-8H2,1H3. The molecule has 1 unspecified atom stereocenters. The van der Waals surface area contributed by atoms with Crippen LogP contribution in [0.3, 0.4) is 0 Å². The summed E-state index contributed by atoms with van der Waals surface area (Å²) in [5, 5.41) is 0.760. The maximum absolute atomic E-state index is 4.66. The second-order valence-corrected chi connectivity index (χ2v) is 5.68. The minimum Gasteiger partial charge on any atom is -0.316 e. The molecule has 0 amide bonds. The first-order valence-corrected chi connectivity index (χ1v) is 6.77. The lowest BCUT2D eigenvalue weighted by molar-refractivity contribution is 0.716. The number of pyridine rings is 1. The smallest absolute Gasteiger partial charge is 0.159 e. The van der Waals surface area contributed by atoms with E-state index in [1.807, 2.05) is 18.3 Å². The van der Waals surface area contributed by atoms with Gasteiger partial charge in [0.1, 0.15) is 11.3 Å². The Morgan fingerprint density at radius 1 is 1.56 bits per heavy atom. The monoisotopic (exact) mass is 233 g/mol. The zero-order valence-corrected chi connectivity index (χ0v) is 10.2. The van der Waals surface area contributed by atoms with Gasteiger partial charge in [-0.3, -0.25) is 0 Å². The first-order valence-electron chi connectivity index (χ1n) is 5.72. The number of imidazole rings is 1. The molecule has 16 heavy (non-hydrogen) atoms. The summed E-state index contributed by atoms with van der Waals surface area (Å²) in [5.74, 6) is 2.49. The van der Waals surface area contributed by atoms with Crippen LogP contribution in [-0.2, 0) is 13.5 Å². The minimum atomic E-state index is 0.760. The van der Waals surface area contributed by atoms with Crippen molar-refractivity contribution >= 4 is 22.9 Å². The first-order chi connectivity index (χ1) is 7.84. The molecule has 3 nitrogen and oxygen atoms in total. The zero-order valence-electron chi connectivity index (χ0n) is 9.39. The van der Waals surface area contributed by atoms with Crippen molar-refractivity contribution in [1.82, 2.24) is 14.5 Å². The summed E-state index contributed by atoms with van der Waals surface area (Å²) in [6, 6.07) is 3.98. The van der Waals surface area contributed by atoms with Crippen LogP contribution in [0.15, 0.2) is 18.3 Å². The maximum Gasteiger partial charge on any atom is 0.159 e. The Balaban J connectivity index is 1.94. The third kappa shape index (κ3) is 1.71. The third-order valence-corrected chi connectivity index (χ3v) is 4.55. The van der Waals surface area contributed by atoms with E-state index in [1.54, 1.807) is 0 Å². The zero-order chi connectivity index (χ0) is 11.0. The number of hydrogen-bond acceptors (Lipinski definition) is 3. The van der Waals surface area contributed by atoms with Gasteiger partial charge in [-0.15, -0.1) is 0 Å². The van der Waals surface area contributed by atoms with Crippen molar-refractivity contribution in [1.29, 1.82) is 0 Å². The van der Waals surface area contributed by atoms with E-state index in [2.05, 4.69) is 33.3 Å². The highest BCUT2D eigenvalue weighted by Crippen LogP contribution is 2.29. The van der Waals surface area contributed by atoms with Gasteiger partial charge >= 0.3 is 0 Å². The number of thioether (sulfide) groups is 1. The van der Waals surface area contributed by atoms with Gasteiger partial charge < -0.3 is 4.57 Å². The molecule has 3 heterocycles. The van der Waals surface area contributed by atoms with Gasteiger partial charge in [-0.1, -0.05) is 0 Å². The van der Waals surface area contributed by atoms with E-state index in [0.717, 1.165) is 22.8 Å². The molecule has 2 aromatic rings. The van der Waals surface area contributed by atoms with Crippen molar-refractivity contribution in [2.24, 2.45) is 7.05 Å². The maximum atomic E-state index is 4.66. The number of aromatic nitrogens is 3. The molecule has 1 aliphatic rings. The average Bonchev–Trinajstić information content (AvgIpc) is 2.90. The van der Waals surface area contributed by atoms with E-state index in [0.29, 0.717) is 0 Å². The fourth-order valence-corrected chi connectivity index (χ4v) is 3.53. The normalized spacial score (nSPS) is 20.7.